The van der Waals surface area contributed by atoms with Crippen LogP contribution in [0.1, 0.15) is 48.4 Å². The van der Waals surface area contributed by atoms with E-state index in [1.165, 1.54) is 12.0 Å². The molecule has 1 amide bonds. The molecule has 2 aromatic carbocycles. The number of hydrogen-bond donors (Lipinski definition) is 1. The lowest BCUT2D eigenvalue weighted by Gasteiger charge is -2.42. The van der Waals surface area contributed by atoms with Crippen LogP contribution in [0.5, 0.6) is 5.75 Å². The van der Waals surface area contributed by atoms with Crippen molar-refractivity contribution in [3.05, 3.63) is 59.2 Å². The fourth-order valence-corrected chi connectivity index (χ4v) is 4.28. The Labute approximate surface area is 170 Å². The van der Waals surface area contributed by atoms with E-state index in [-0.39, 0.29) is 12.3 Å². The van der Waals surface area contributed by atoms with Gasteiger partial charge in [0.05, 0.1) is 24.3 Å². The molecule has 152 valence electrons. The molecule has 1 spiro atoms. The number of fused-ring (bicyclic) bond motifs is 2. The summed E-state index contributed by atoms with van der Waals surface area (Å²) in [7, 11) is 1.53. The van der Waals surface area contributed by atoms with Crippen LogP contribution in [-0.2, 0) is 11.2 Å². The molecule has 0 radical (unpaired) electrons. The summed E-state index contributed by atoms with van der Waals surface area (Å²) in [6, 6.07) is 12.5. The molecule has 6 nitrogen and oxygen atoms in total. The van der Waals surface area contributed by atoms with Gasteiger partial charge in [-0.2, -0.15) is 0 Å². The zero-order valence-electron chi connectivity index (χ0n) is 17.1. The van der Waals surface area contributed by atoms with Crippen molar-refractivity contribution in [2.45, 2.75) is 38.9 Å². The maximum absolute atomic E-state index is 13.6. The lowest BCUT2D eigenvalue weighted by molar-refractivity contribution is 0.0289. The summed E-state index contributed by atoms with van der Waals surface area (Å²) in [6.07, 6.45) is -1.18. The number of ketones is 1. The first-order chi connectivity index (χ1) is 13.7. The molecule has 0 aromatic heterocycles. The summed E-state index contributed by atoms with van der Waals surface area (Å²) in [5, 5.41) is 11.2. The van der Waals surface area contributed by atoms with E-state index < -0.39 is 23.2 Å². The molecule has 0 saturated carbocycles. The normalized spacial score (nSPS) is 23.0. The van der Waals surface area contributed by atoms with E-state index in [9.17, 15) is 14.7 Å². The third kappa shape index (κ3) is 3.08. The zero-order chi connectivity index (χ0) is 21.0. The van der Waals surface area contributed by atoms with E-state index in [4.69, 9.17) is 9.47 Å². The average molecular weight is 395 g/mol. The quantitative estimate of drug-likeness (QED) is 0.792. The smallest absolute Gasteiger partial charge is 0.414 e. The predicted octanol–water partition coefficient (Wildman–Crippen LogP) is 3.91. The van der Waals surface area contributed by atoms with E-state index in [0.717, 1.165) is 11.1 Å². The Kier molecular flexibility index (Phi) is 4.42. The molecule has 1 heterocycles. The number of rotatable bonds is 1. The highest BCUT2D eigenvalue weighted by atomic mass is 16.6. The summed E-state index contributed by atoms with van der Waals surface area (Å²) in [6.45, 7) is 5.42. The number of Topliss-reactive ketones (excluding diaryl/α,β-unsaturated/α-hetero) is 1. The first-order valence-electron chi connectivity index (χ1n) is 9.65. The van der Waals surface area contributed by atoms with Gasteiger partial charge in [0.2, 0.25) is 0 Å². The Balaban J connectivity index is 1.84. The monoisotopic (exact) mass is 395 g/mol. The Morgan fingerprint density at radius 2 is 1.93 bits per heavy atom. The summed E-state index contributed by atoms with van der Waals surface area (Å²) < 4.78 is 10.9. The summed E-state index contributed by atoms with van der Waals surface area (Å²) in [5.74, 6) is 0.370. The fourth-order valence-electron chi connectivity index (χ4n) is 4.28. The van der Waals surface area contributed by atoms with Crippen LogP contribution >= 0.6 is 0 Å². The van der Waals surface area contributed by atoms with Gasteiger partial charge in [-0.15, -0.1) is 0 Å². The van der Waals surface area contributed by atoms with Gasteiger partial charge in [0, 0.05) is 18.2 Å². The van der Waals surface area contributed by atoms with E-state index in [0.29, 0.717) is 23.4 Å². The van der Waals surface area contributed by atoms with Crippen molar-refractivity contribution in [2.24, 2.45) is 5.41 Å². The highest BCUT2D eigenvalue weighted by molar-refractivity contribution is 6.12. The summed E-state index contributed by atoms with van der Waals surface area (Å²) >= 11 is 0. The minimum atomic E-state index is -1.14. The minimum absolute atomic E-state index is 0.0385. The number of amides is 1. The second kappa shape index (κ2) is 6.59. The number of ether oxygens (including phenoxy) is 2. The third-order valence-corrected chi connectivity index (χ3v) is 5.63. The van der Waals surface area contributed by atoms with Crippen molar-refractivity contribution in [3.63, 3.8) is 0 Å². The fraction of sp³-hybridized carbons (Fsp3) is 0.391. The van der Waals surface area contributed by atoms with Crippen molar-refractivity contribution in [3.8, 4) is 5.75 Å². The highest BCUT2D eigenvalue weighted by Gasteiger charge is 2.56. The largest absolute Gasteiger partial charge is 0.497 e. The van der Waals surface area contributed by atoms with Gasteiger partial charge in [0.15, 0.2) is 5.78 Å². The first kappa shape index (κ1) is 19.5. The van der Waals surface area contributed by atoms with Gasteiger partial charge in [-0.3, -0.25) is 9.69 Å². The Morgan fingerprint density at radius 1 is 1.21 bits per heavy atom. The number of carbonyl (C=O) groups is 2. The molecule has 2 atom stereocenters. The van der Waals surface area contributed by atoms with E-state index >= 15 is 0 Å². The third-order valence-electron chi connectivity index (χ3n) is 5.63. The van der Waals surface area contributed by atoms with Gasteiger partial charge in [-0.25, -0.2) is 4.79 Å². The second-order valence-electron chi connectivity index (χ2n) is 8.71. The lowest BCUT2D eigenvalue weighted by atomic mass is 9.72. The SMILES string of the molecule is COc1ccc2c(c1)N(C(=O)OC(C)(C)C)C[C@@]1(Cc3ccccc3[C@@H]1O)C2=O. The van der Waals surface area contributed by atoms with Gasteiger partial charge < -0.3 is 14.6 Å². The van der Waals surface area contributed by atoms with Crippen LogP contribution in [0.15, 0.2) is 42.5 Å². The summed E-state index contributed by atoms with van der Waals surface area (Å²) in [4.78, 5) is 28.1. The van der Waals surface area contributed by atoms with Gasteiger partial charge in [0.1, 0.15) is 11.4 Å². The van der Waals surface area contributed by atoms with Crippen LogP contribution in [0.2, 0.25) is 0 Å². The molecule has 2 aliphatic rings. The van der Waals surface area contributed by atoms with Crippen LogP contribution in [-0.4, -0.2) is 36.2 Å². The topological polar surface area (TPSA) is 76.1 Å². The van der Waals surface area contributed by atoms with Gasteiger partial charge >= 0.3 is 6.09 Å². The number of benzene rings is 2. The highest BCUT2D eigenvalue weighted by Crippen LogP contribution is 2.52. The van der Waals surface area contributed by atoms with E-state index in [2.05, 4.69) is 0 Å². The van der Waals surface area contributed by atoms with Crippen molar-refractivity contribution in [2.75, 3.05) is 18.6 Å². The van der Waals surface area contributed by atoms with Crippen LogP contribution in [0.3, 0.4) is 0 Å². The number of aliphatic hydroxyl groups is 1. The minimum Gasteiger partial charge on any atom is -0.497 e. The van der Waals surface area contributed by atoms with Gasteiger partial charge in [-0.1, -0.05) is 24.3 Å². The molecule has 2 aromatic rings. The molecule has 1 N–H and O–H groups in total. The maximum atomic E-state index is 13.6. The number of hydrogen-bond acceptors (Lipinski definition) is 5. The molecular formula is C23H25NO5. The predicted molar refractivity (Wildman–Crippen MR) is 108 cm³/mol. The molecule has 0 bridgehead atoms. The standard InChI is InChI=1S/C23H25NO5/c1-22(2,3)29-21(27)24-13-23(12-14-7-5-6-8-16(14)19(23)25)20(26)17-10-9-15(28-4)11-18(17)24/h5-11,19,25H,12-13H2,1-4H3/t19-,23+/m0/s1. The molecule has 1 aliphatic carbocycles. The van der Waals surface area contributed by atoms with E-state index in [1.807, 2.05) is 24.3 Å². The van der Waals surface area contributed by atoms with E-state index in [1.54, 1.807) is 39.0 Å². The Hall–Kier alpha value is -2.86. The Bertz CT molecular complexity index is 993. The molecule has 0 saturated heterocycles. The van der Waals surface area contributed by atoms with Gasteiger partial charge in [-0.05, 0) is 50.5 Å². The van der Waals surface area contributed by atoms with Crippen LogP contribution in [0, 0.1) is 5.41 Å². The number of nitrogens with zero attached hydrogens (tertiary/aromatic N) is 1. The molecule has 6 heteroatoms. The van der Waals surface area contributed by atoms with Crippen molar-refractivity contribution in [1.82, 2.24) is 0 Å². The average Bonchev–Trinajstić information content (AvgIpc) is 2.96. The summed E-state index contributed by atoms with van der Waals surface area (Å²) in [5.41, 5.74) is 0.660. The zero-order valence-corrected chi connectivity index (χ0v) is 17.1. The number of methoxy groups -OCH3 is 1. The molecular weight excluding hydrogens is 370 g/mol. The van der Waals surface area contributed by atoms with Crippen molar-refractivity contribution >= 4 is 17.6 Å². The molecule has 4 rings (SSSR count). The van der Waals surface area contributed by atoms with Crippen LogP contribution in [0.25, 0.3) is 0 Å². The lowest BCUT2D eigenvalue weighted by Crippen LogP contribution is -2.53. The number of anilines is 1. The molecule has 0 fully saturated rings. The van der Waals surface area contributed by atoms with Gasteiger partial charge in [0.25, 0.3) is 0 Å². The molecule has 29 heavy (non-hydrogen) atoms. The first-order valence-corrected chi connectivity index (χ1v) is 9.65. The number of aliphatic hydroxyl groups excluding tert-OH is 1. The molecule has 0 unspecified atom stereocenters. The Morgan fingerprint density at radius 3 is 2.59 bits per heavy atom. The van der Waals surface area contributed by atoms with Crippen LogP contribution in [0.4, 0.5) is 10.5 Å². The molecule has 1 aliphatic heterocycles. The van der Waals surface area contributed by atoms with Crippen molar-refractivity contribution in [1.29, 1.82) is 0 Å². The second-order valence-corrected chi connectivity index (χ2v) is 8.71. The number of carbonyl (C=O) groups excluding carboxylic acids is 2. The van der Waals surface area contributed by atoms with Crippen LogP contribution < -0.4 is 9.64 Å². The van der Waals surface area contributed by atoms with Crippen molar-refractivity contribution < 1.29 is 24.2 Å². The maximum Gasteiger partial charge on any atom is 0.414 e.